The zero-order valence-electron chi connectivity index (χ0n) is 43.6. The van der Waals surface area contributed by atoms with Gasteiger partial charge in [-0.3, -0.25) is 9.59 Å². The fourth-order valence-electron chi connectivity index (χ4n) is 11.7. The second-order valence-corrected chi connectivity index (χ2v) is 20.4. The molecule has 3 N–H and O–H groups in total. The van der Waals surface area contributed by atoms with Crippen molar-refractivity contribution < 1.29 is 59.3 Å². The highest BCUT2D eigenvalue weighted by Crippen LogP contribution is 2.50. The molecule has 0 spiro atoms. The molecule has 4 aliphatic heterocycles. The summed E-state index contributed by atoms with van der Waals surface area (Å²) in [7, 11) is 4.11. The lowest BCUT2D eigenvalue weighted by atomic mass is 10.0. The number of nitrogens with one attached hydrogen (secondary N) is 3. The lowest BCUT2D eigenvalue weighted by Gasteiger charge is -2.38. The topological polar surface area (TPSA) is 164 Å². The molecular weight excluding hydrogens is 1030 g/mol. The molecule has 0 aliphatic carbocycles. The number of imidazole rings is 2. The summed E-state index contributed by atoms with van der Waals surface area (Å²) in [5.41, 5.74) is 1.13. The molecule has 4 aliphatic rings. The van der Waals surface area contributed by atoms with Crippen molar-refractivity contribution in [1.29, 1.82) is 0 Å². The number of halogens is 7. The summed E-state index contributed by atoms with van der Waals surface area (Å²) < 4.78 is 123. The summed E-state index contributed by atoms with van der Waals surface area (Å²) in [6, 6.07) is 8.83. The summed E-state index contributed by atoms with van der Waals surface area (Å²) in [5.74, 6) is -2.98. The molecule has 2 aromatic heterocycles. The van der Waals surface area contributed by atoms with Crippen molar-refractivity contribution in [3.8, 4) is 0 Å². The van der Waals surface area contributed by atoms with Crippen molar-refractivity contribution in [1.82, 2.24) is 35.1 Å². The number of H-pyrrole nitrogens is 2. The first-order valence-electron chi connectivity index (χ1n) is 26.0. The zero-order valence-corrected chi connectivity index (χ0v) is 43.6. The van der Waals surface area contributed by atoms with Gasteiger partial charge in [0.15, 0.2) is 11.6 Å². The number of hydrogen-bond acceptors (Lipinski definition) is 11. The van der Waals surface area contributed by atoms with E-state index in [1.165, 1.54) is 56.9 Å². The Morgan fingerprint density at radius 1 is 0.654 bits per heavy atom. The van der Waals surface area contributed by atoms with Crippen LogP contribution in [0.4, 0.5) is 52.6 Å². The minimum Gasteiger partial charge on any atom is -0.453 e. The highest BCUT2D eigenvalue weighted by atomic mass is 19.4. The summed E-state index contributed by atoms with van der Waals surface area (Å²) >= 11 is 0. The van der Waals surface area contributed by atoms with Crippen molar-refractivity contribution in [3.63, 3.8) is 0 Å². The normalized spacial score (nSPS) is 21.3. The second kappa shape index (κ2) is 21.9. The molecule has 6 heterocycles. The number of alkyl halides is 3. The van der Waals surface area contributed by atoms with Gasteiger partial charge in [0.05, 0.1) is 77.5 Å². The Balaban J connectivity index is 0.984. The molecule has 78 heavy (non-hydrogen) atoms. The summed E-state index contributed by atoms with van der Waals surface area (Å²) in [5, 5.41) is 2.56. The Bertz CT molecular complexity index is 3180. The van der Waals surface area contributed by atoms with Gasteiger partial charge in [-0.1, -0.05) is 0 Å². The Kier molecular flexibility index (Phi) is 15.3. The number of fused-ring (bicyclic) bond motifs is 2. The van der Waals surface area contributed by atoms with E-state index in [1.54, 1.807) is 40.7 Å². The van der Waals surface area contributed by atoms with Gasteiger partial charge in [-0.05, 0) is 113 Å². The third-order valence-electron chi connectivity index (χ3n) is 15.8. The molecule has 4 saturated heterocycles. The highest BCUT2D eigenvalue weighted by Gasteiger charge is 2.42. The molecule has 1 radical (unpaired) electrons. The molecule has 415 valence electrons. The summed E-state index contributed by atoms with van der Waals surface area (Å²) in [6.45, 7) is 5.01. The number of rotatable bonds is 14. The smallest absolute Gasteiger partial charge is 0.416 e. The number of likely N-dealkylation sites (tertiary alicyclic amines) is 2. The van der Waals surface area contributed by atoms with Crippen LogP contribution in [0.1, 0.15) is 105 Å². The van der Waals surface area contributed by atoms with Crippen molar-refractivity contribution in [2.45, 2.75) is 101 Å². The van der Waals surface area contributed by atoms with Crippen LogP contribution >= 0.6 is 0 Å². The molecule has 6 aromatic rings. The SMILES string of the molecule is COC(=O)N[C@H](C(=O)N1CCC[C@H]1c1nc2cc([C@H]3CC[C@H](c4cc5nc([C@@H]6CCCN6C(=O)[CH][C@@H](C)OC)[nH]c5cc4F)N3c3cc(F)c(N4CCN(c5ccc(C(F)(F)F)cc5)CC4)c(F)c3)c(F)cc2[nH]1)[C@@H](C)OC. The fourth-order valence-corrected chi connectivity index (χ4v) is 11.7. The summed E-state index contributed by atoms with van der Waals surface area (Å²) in [4.78, 5) is 64.0. The first-order chi connectivity index (χ1) is 37.3. The predicted molar refractivity (Wildman–Crippen MR) is 275 cm³/mol. The second-order valence-electron chi connectivity index (χ2n) is 20.4. The Morgan fingerprint density at radius 2 is 1.18 bits per heavy atom. The van der Waals surface area contributed by atoms with Crippen LogP contribution in [0.3, 0.4) is 0 Å². The van der Waals surface area contributed by atoms with Gasteiger partial charge in [0.25, 0.3) is 0 Å². The average molecular weight is 1090 g/mol. The van der Waals surface area contributed by atoms with Crippen LogP contribution < -0.4 is 20.0 Å². The number of piperazine rings is 1. The molecule has 10 rings (SSSR count). The molecule has 0 bridgehead atoms. The minimum atomic E-state index is -4.50. The Hall–Kier alpha value is -7.14. The maximum atomic E-state index is 16.9. The van der Waals surface area contributed by atoms with E-state index in [2.05, 4.69) is 15.3 Å². The third kappa shape index (κ3) is 10.5. The van der Waals surface area contributed by atoms with Gasteiger partial charge < -0.3 is 54.0 Å². The predicted octanol–water partition coefficient (Wildman–Crippen LogP) is 9.75. The van der Waals surface area contributed by atoms with E-state index in [4.69, 9.17) is 24.2 Å². The van der Waals surface area contributed by atoms with Crippen LogP contribution in [-0.4, -0.2) is 126 Å². The zero-order chi connectivity index (χ0) is 55.3. The lowest BCUT2D eigenvalue weighted by molar-refractivity contribution is -0.138. The molecule has 23 heteroatoms. The molecular formula is C55H60F7N10O6. The van der Waals surface area contributed by atoms with Crippen LogP contribution in [-0.2, 0) is 30.0 Å². The van der Waals surface area contributed by atoms with Crippen LogP contribution in [0, 0.1) is 29.7 Å². The number of ether oxygens (including phenoxy) is 3. The molecule has 16 nitrogen and oxygen atoms in total. The number of alkyl carbamates (subject to hydrolysis) is 1. The maximum Gasteiger partial charge on any atom is 0.416 e. The Morgan fingerprint density at radius 3 is 1.69 bits per heavy atom. The van der Waals surface area contributed by atoms with Crippen molar-refractivity contribution in [3.05, 3.63) is 119 Å². The van der Waals surface area contributed by atoms with Gasteiger partial charge in [0.1, 0.15) is 35.0 Å². The van der Waals surface area contributed by atoms with Gasteiger partial charge in [0, 0.05) is 76.0 Å². The molecule has 4 fully saturated rings. The van der Waals surface area contributed by atoms with Crippen molar-refractivity contribution in [2.24, 2.45) is 0 Å². The number of benzene rings is 4. The van der Waals surface area contributed by atoms with Gasteiger partial charge in [-0.2, -0.15) is 13.2 Å². The number of hydrogen-bond donors (Lipinski definition) is 3. The molecule has 0 saturated carbocycles. The number of nitrogens with zero attached hydrogens (tertiary/aromatic N) is 7. The minimum absolute atomic E-state index is 0.0104. The van der Waals surface area contributed by atoms with E-state index < -0.39 is 89.4 Å². The number of carbonyl (C=O) groups excluding carboxylic acids is 3. The fraction of sp³-hybridized carbons (Fsp3) is 0.455. The number of methoxy groups -OCH3 is 3. The van der Waals surface area contributed by atoms with Crippen LogP contribution in [0.15, 0.2) is 60.7 Å². The first kappa shape index (κ1) is 54.2. The molecule has 4 aromatic carbocycles. The highest BCUT2D eigenvalue weighted by molar-refractivity contribution is 5.87. The van der Waals surface area contributed by atoms with Crippen LogP contribution in [0.25, 0.3) is 22.1 Å². The van der Waals surface area contributed by atoms with Crippen molar-refractivity contribution in [2.75, 3.05) is 75.3 Å². The van der Waals surface area contributed by atoms with Gasteiger partial charge in [0.2, 0.25) is 11.8 Å². The van der Waals surface area contributed by atoms with Crippen LogP contribution in [0.2, 0.25) is 0 Å². The van der Waals surface area contributed by atoms with E-state index in [1.807, 2.05) is 4.90 Å². The quantitative estimate of drug-likeness (QED) is 0.0890. The molecule has 0 unspecified atom stereocenters. The number of carbonyl (C=O) groups is 3. The standard InChI is InChI=1S/C55H60F7N10O6/c1-29(76-3)22-48(73)70-16-6-8-46(70)51-63-40-25-34(36(56)27-42(40)65-51)44-14-15-45(72(44)33-23-38(58)50(39(59)24-33)69-20-18-68(19-21-69)32-12-10-31(11-13-32)55(60,61)62)35-26-41-43(28-37(35)57)66-52(64-41)47-9-7-17-71(47)53(74)49(30(2)77-4)67-54(75)78-5/h10-13,22-30,44-47,49H,6-9,14-21H2,1-5H3,(H,63,65)(H,64,66)(H,67,75)/t29-,30-,44-,45-,46+,47+,49+/m1/s1. The third-order valence-corrected chi connectivity index (χ3v) is 15.8. The molecule has 7 atom stereocenters. The number of amides is 3. The number of anilines is 3. The summed E-state index contributed by atoms with van der Waals surface area (Å²) in [6.07, 6.45) is -2.11. The van der Waals surface area contributed by atoms with E-state index in [-0.39, 0.29) is 67.4 Å². The van der Waals surface area contributed by atoms with Crippen molar-refractivity contribution >= 4 is 57.0 Å². The van der Waals surface area contributed by atoms with Gasteiger partial charge in [-0.15, -0.1) is 0 Å². The average Bonchev–Trinajstić information content (AvgIpc) is 4.37. The lowest BCUT2D eigenvalue weighted by Crippen LogP contribution is -2.54. The number of aromatic amines is 2. The Labute approximate surface area is 445 Å². The monoisotopic (exact) mass is 1090 g/mol. The molecule has 3 amide bonds. The van der Waals surface area contributed by atoms with E-state index >= 15 is 17.6 Å². The van der Waals surface area contributed by atoms with E-state index in [9.17, 15) is 27.6 Å². The number of aromatic nitrogens is 4. The van der Waals surface area contributed by atoms with E-state index in [0.717, 1.165) is 30.7 Å². The maximum absolute atomic E-state index is 16.9. The first-order valence-corrected chi connectivity index (χ1v) is 26.0. The van der Waals surface area contributed by atoms with E-state index in [0.29, 0.717) is 71.8 Å². The largest absolute Gasteiger partial charge is 0.453 e. The van der Waals surface area contributed by atoms with Crippen LogP contribution in [0.5, 0.6) is 0 Å². The van der Waals surface area contributed by atoms with Gasteiger partial charge in [-0.25, -0.2) is 32.3 Å². The van der Waals surface area contributed by atoms with Gasteiger partial charge >= 0.3 is 12.3 Å².